The molecule has 26 heavy (non-hydrogen) atoms. The highest BCUT2D eigenvalue weighted by atomic mass is 16.7. The zero-order valence-electron chi connectivity index (χ0n) is 15.2. The Morgan fingerprint density at radius 2 is 1.50 bits per heavy atom. The molecule has 0 amide bonds. The van der Waals surface area contributed by atoms with Crippen LogP contribution in [0.1, 0.15) is 50.7 Å². The average Bonchev–Trinajstić information content (AvgIpc) is 2.55. The molecule has 146 valence electrons. The number of carbonyl (C=O) groups is 1. The second-order valence-electron chi connectivity index (χ2n) is 7.12. The lowest BCUT2D eigenvalue weighted by molar-refractivity contribution is -0.271. The topological polar surface area (TPSA) is 137 Å². The van der Waals surface area contributed by atoms with Gasteiger partial charge in [0.15, 0.2) is 6.10 Å². The van der Waals surface area contributed by atoms with Crippen molar-refractivity contribution < 1.29 is 39.8 Å². The molecular weight excluding hydrogens is 344 g/mol. The van der Waals surface area contributed by atoms with E-state index in [0.717, 1.165) is 0 Å². The first-order valence-electron chi connectivity index (χ1n) is 8.50. The SMILES string of the molecule is CC(C)c1cc(O)cc(C(C)C)c1O[C@H]1O[C@H](C(=O)O)[C@@H](O)[C@H](O)[C@H]1O. The van der Waals surface area contributed by atoms with Gasteiger partial charge in [0.05, 0.1) is 0 Å². The highest BCUT2D eigenvalue weighted by molar-refractivity contribution is 5.73. The fourth-order valence-corrected chi connectivity index (χ4v) is 2.92. The molecule has 0 spiro atoms. The molecule has 0 saturated carbocycles. The first-order chi connectivity index (χ1) is 12.0. The fraction of sp³-hybridized carbons (Fsp3) is 0.611. The summed E-state index contributed by atoms with van der Waals surface area (Å²) in [5, 5.41) is 49.0. The van der Waals surface area contributed by atoms with E-state index in [-0.39, 0.29) is 17.6 Å². The number of benzene rings is 1. The smallest absolute Gasteiger partial charge is 0.335 e. The molecule has 0 aromatic heterocycles. The molecule has 0 aliphatic carbocycles. The van der Waals surface area contributed by atoms with Crippen molar-refractivity contribution in [3.8, 4) is 11.5 Å². The van der Waals surface area contributed by atoms with Gasteiger partial charge in [-0.05, 0) is 24.0 Å². The van der Waals surface area contributed by atoms with Gasteiger partial charge in [-0.15, -0.1) is 0 Å². The number of aliphatic hydroxyl groups excluding tert-OH is 3. The fourth-order valence-electron chi connectivity index (χ4n) is 2.92. The van der Waals surface area contributed by atoms with Crippen LogP contribution in [-0.4, -0.2) is 62.2 Å². The molecule has 8 heteroatoms. The van der Waals surface area contributed by atoms with Crippen molar-refractivity contribution in [3.63, 3.8) is 0 Å². The van der Waals surface area contributed by atoms with E-state index in [2.05, 4.69) is 0 Å². The van der Waals surface area contributed by atoms with Gasteiger partial charge in [-0.2, -0.15) is 0 Å². The number of hydrogen-bond donors (Lipinski definition) is 5. The summed E-state index contributed by atoms with van der Waals surface area (Å²) in [5.74, 6) is -1.14. The summed E-state index contributed by atoms with van der Waals surface area (Å²) in [5.41, 5.74) is 1.30. The number of carboxylic acids is 1. The molecule has 1 aliphatic heterocycles. The van der Waals surface area contributed by atoms with Crippen LogP contribution in [-0.2, 0) is 9.53 Å². The second kappa shape index (κ2) is 7.79. The maximum Gasteiger partial charge on any atom is 0.335 e. The van der Waals surface area contributed by atoms with Gasteiger partial charge in [0.1, 0.15) is 29.8 Å². The molecule has 0 unspecified atom stereocenters. The van der Waals surface area contributed by atoms with Crippen LogP contribution in [0.2, 0.25) is 0 Å². The van der Waals surface area contributed by atoms with Gasteiger partial charge in [-0.25, -0.2) is 4.79 Å². The van der Waals surface area contributed by atoms with E-state index >= 15 is 0 Å². The Hall–Kier alpha value is -1.87. The highest BCUT2D eigenvalue weighted by Crippen LogP contribution is 2.39. The molecule has 8 nitrogen and oxygen atoms in total. The summed E-state index contributed by atoms with van der Waals surface area (Å²) in [6.45, 7) is 7.57. The van der Waals surface area contributed by atoms with Crippen molar-refractivity contribution in [2.45, 2.75) is 70.2 Å². The van der Waals surface area contributed by atoms with E-state index in [9.17, 15) is 25.2 Å². The first kappa shape index (κ1) is 20.4. The number of carboxylic acid groups (broad SMARTS) is 1. The Balaban J connectivity index is 2.44. The predicted octanol–water partition coefficient (Wildman–Crippen LogP) is 0.910. The maximum absolute atomic E-state index is 11.2. The molecule has 0 radical (unpaired) electrons. The van der Waals surface area contributed by atoms with Crippen LogP contribution in [0.15, 0.2) is 12.1 Å². The minimum atomic E-state index is -1.78. The van der Waals surface area contributed by atoms with Crippen LogP contribution in [0.5, 0.6) is 11.5 Å². The number of rotatable bonds is 5. The van der Waals surface area contributed by atoms with E-state index in [0.29, 0.717) is 16.9 Å². The lowest BCUT2D eigenvalue weighted by atomic mass is 9.93. The van der Waals surface area contributed by atoms with Gasteiger partial charge in [0.25, 0.3) is 0 Å². The zero-order chi connectivity index (χ0) is 19.8. The van der Waals surface area contributed by atoms with Crippen LogP contribution >= 0.6 is 0 Å². The van der Waals surface area contributed by atoms with Crippen molar-refractivity contribution in [3.05, 3.63) is 23.3 Å². The number of hydrogen-bond acceptors (Lipinski definition) is 7. The van der Waals surface area contributed by atoms with E-state index < -0.39 is 36.7 Å². The largest absolute Gasteiger partial charge is 0.508 e. The number of phenolic OH excluding ortho intramolecular Hbond substituents is 1. The molecule has 1 fully saturated rings. The van der Waals surface area contributed by atoms with E-state index in [4.69, 9.17) is 14.6 Å². The third-order valence-electron chi connectivity index (χ3n) is 4.42. The summed E-state index contributed by atoms with van der Waals surface area (Å²) >= 11 is 0. The number of aromatic hydroxyl groups is 1. The van der Waals surface area contributed by atoms with Gasteiger partial charge >= 0.3 is 5.97 Å². The molecule has 1 saturated heterocycles. The second-order valence-corrected chi connectivity index (χ2v) is 7.12. The van der Waals surface area contributed by atoms with Crippen molar-refractivity contribution in [1.29, 1.82) is 0 Å². The Morgan fingerprint density at radius 1 is 1.00 bits per heavy atom. The monoisotopic (exact) mass is 370 g/mol. The molecule has 2 rings (SSSR count). The van der Waals surface area contributed by atoms with Gasteiger partial charge in [-0.3, -0.25) is 0 Å². The summed E-state index contributed by atoms with van der Waals surface area (Å²) < 4.78 is 11.0. The predicted molar refractivity (Wildman–Crippen MR) is 91.2 cm³/mol. The zero-order valence-corrected chi connectivity index (χ0v) is 15.2. The summed E-state index contributed by atoms with van der Waals surface area (Å²) in [7, 11) is 0. The van der Waals surface area contributed by atoms with Gasteiger partial charge in [-0.1, -0.05) is 27.7 Å². The van der Waals surface area contributed by atoms with Crippen LogP contribution in [0.25, 0.3) is 0 Å². The third-order valence-corrected chi connectivity index (χ3v) is 4.42. The minimum absolute atomic E-state index is 0.0406. The van der Waals surface area contributed by atoms with Crippen molar-refractivity contribution in [1.82, 2.24) is 0 Å². The Kier molecular flexibility index (Phi) is 6.13. The minimum Gasteiger partial charge on any atom is -0.508 e. The summed E-state index contributed by atoms with van der Waals surface area (Å²) in [4.78, 5) is 11.2. The Morgan fingerprint density at radius 3 is 1.92 bits per heavy atom. The molecule has 5 atom stereocenters. The average molecular weight is 370 g/mol. The van der Waals surface area contributed by atoms with E-state index in [1.54, 1.807) is 0 Å². The van der Waals surface area contributed by atoms with E-state index in [1.165, 1.54) is 12.1 Å². The van der Waals surface area contributed by atoms with Gasteiger partial charge in [0, 0.05) is 11.1 Å². The summed E-state index contributed by atoms with van der Waals surface area (Å²) in [6, 6.07) is 3.06. The van der Waals surface area contributed by atoms with Gasteiger partial charge < -0.3 is 35.0 Å². The maximum atomic E-state index is 11.2. The molecular formula is C18H26O8. The van der Waals surface area contributed by atoms with Crippen LogP contribution in [0.4, 0.5) is 0 Å². The number of ether oxygens (including phenoxy) is 2. The van der Waals surface area contributed by atoms with E-state index in [1.807, 2.05) is 27.7 Å². The van der Waals surface area contributed by atoms with Crippen molar-refractivity contribution in [2.24, 2.45) is 0 Å². The number of aliphatic hydroxyl groups is 3. The molecule has 1 aliphatic rings. The number of aliphatic carboxylic acids is 1. The Bertz CT molecular complexity index is 628. The lowest BCUT2D eigenvalue weighted by Crippen LogP contribution is -2.61. The Labute approximate surface area is 151 Å². The third kappa shape index (κ3) is 3.93. The molecule has 5 N–H and O–H groups in total. The lowest BCUT2D eigenvalue weighted by Gasteiger charge is -2.39. The van der Waals surface area contributed by atoms with Crippen LogP contribution < -0.4 is 4.74 Å². The highest BCUT2D eigenvalue weighted by Gasteiger charge is 2.48. The quantitative estimate of drug-likeness (QED) is 0.516. The molecule has 1 aromatic rings. The molecule has 1 heterocycles. The normalized spacial score (nSPS) is 29.2. The van der Waals surface area contributed by atoms with Gasteiger partial charge in [0.2, 0.25) is 6.29 Å². The van der Waals surface area contributed by atoms with Crippen LogP contribution in [0.3, 0.4) is 0 Å². The first-order valence-corrected chi connectivity index (χ1v) is 8.50. The van der Waals surface area contributed by atoms with Crippen molar-refractivity contribution in [2.75, 3.05) is 0 Å². The number of phenols is 1. The standard InChI is InChI=1S/C18H26O8/c1-7(2)10-5-9(19)6-11(8(3)4)15(10)25-18-14(22)12(20)13(21)16(26-18)17(23)24/h5-8,12-14,16,18-22H,1-4H3,(H,23,24)/t12-,13-,14+,16-,18-/m0/s1. The summed E-state index contributed by atoms with van der Waals surface area (Å²) in [6.07, 6.45) is -8.39. The van der Waals surface area contributed by atoms with Crippen LogP contribution in [0, 0.1) is 0 Å². The molecule has 1 aromatic carbocycles. The van der Waals surface area contributed by atoms with Crippen molar-refractivity contribution >= 4 is 5.97 Å². The molecule has 0 bridgehead atoms.